The fourth-order valence-corrected chi connectivity index (χ4v) is 3.94. The van der Waals surface area contributed by atoms with E-state index >= 15 is 0 Å². The Morgan fingerprint density at radius 1 is 1.40 bits per heavy atom. The Morgan fingerprint density at radius 3 is 2.72 bits per heavy atom. The second kappa shape index (κ2) is 8.22. The summed E-state index contributed by atoms with van der Waals surface area (Å²) in [6.07, 6.45) is 4.01. The van der Waals surface area contributed by atoms with Crippen LogP contribution in [0.25, 0.3) is 0 Å². The summed E-state index contributed by atoms with van der Waals surface area (Å²) >= 11 is 0. The lowest BCUT2D eigenvalue weighted by atomic mass is 9.63. The molecule has 0 aromatic heterocycles. The van der Waals surface area contributed by atoms with Gasteiger partial charge in [0.2, 0.25) is 5.91 Å². The average Bonchev–Trinajstić information content (AvgIpc) is 2.55. The van der Waals surface area contributed by atoms with Crippen LogP contribution in [0, 0.1) is 23.2 Å². The second-order valence-electron chi connectivity index (χ2n) is 8.37. The van der Waals surface area contributed by atoms with Gasteiger partial charge >= 0.3 is 0 Å². The first-order valence-electron chi connectivity index (χ1n) is 9.46. The summed E-state index contributed by atoms with van der Waals surface area (Å²) in [5.74, 6) is 2.22. The zero-order chi connectivity index (χ0) is 18.6. The molecular weight excluding hydrogens is 312 g/mol. The van der Waals surface area contributed by atoms with Crippen molar-refractivity contribution >= 4 is 11.6 Å². The number of amides is 1. The number of hydrogen-bond acceptors (Lipinski definition) is 3. The monoisotopic (exact) mass is 346 g/mol. The van der Waals surface area contributed by atoms with Gasteiger partial charge in [-0.2, -0.15) is 0 Å². The lowest BCUT2D eigenvalue weighted by Crippen LogP contribution is -2.41. The lowest BCUT2D eigenvalue weighted by Gasteiger charge is -2.42. The minimum atomic E-state index is 0.0377. The fourth-order valence-electron chi connectivity index (χ4n) is 3.94. The maximum atomic E-state index is 13.1. The second-order valence-corrected chi connectivity index (χ2v) is 8.37. The third kappa shape index (κ3) is 4.75. The van der Waals surface area contributed by atoms with E-state index in [2.05, 4.69) is 33.0 Å². The summed E-state index contributed by atoms with van der Waals surface area (Å²) in [5, 5.41) is 3.18. The highest BCUT2D eigenvalue weighted by Gasteiger charge is 2.41. The summed E-state index contributed by atoms with van der Waals surface area (Å²) in [6.45, 7) is 9.52. The number of nitrogens with one attached hydrogen (secondary N) is 1. The topological polar surface area (TPSA) is 64.3 Å². The van der Waals surface area contributed by atoms with Gasteiger partial charge < -0.3 is 15.8 Å². The zero-order valence-electron chi connectivity index (χ0n) is 16.4. The fraction of sp³-hybridized carbons (Fsp3) is 0.667. The van der Waals surface area contributed by atoms with Crippen molar-refractivity contribution in [2.24, 2.45) is 28.9 Å². The minimum Gasteiger partial charge on any atom is -0.497 e. The van der Waals surface area contributed by atoms with E-state index in [9.17, 15) is 4.79 Å². The highest BCUT2D eigenvalue weighted by atomic mass is 16.5. The molecule has 1 fully saturated rings. The smallest absolute Gasteiger partial charge is 0.228 e. The summed E-state index contributed by atoms with van der Waals surface area (Å²) in [4.78, 5) is 13.1. The Labute approximate surface area is 152 Å². The molecule has 25 heavy (non-hydrogen) atoms. The van der Waals surface area contributed by atoms with Crippen molar-refractivity contribution in [1.82, 2.24) is 0 Å². The van der Waals surface area contributed by atoms with Crippen molar-refractivity contribution in [3.05, 3.63) is 23.8 Å². The predicted molar refractivity (Wildman–Crippen MR) is 104 cm³/mol. The van der Waals surface area contributed by atoms with E-state index in [-0.39, 0.29) is 17.2 Å². The van der Waals surface area contributed by atoms with E-state index in [1.54, 1.807) is 7.11 Å². The van der Waals surface area contributed by atoms with E-state index < -0.39 is 0 Å². The van der Waals surface area contributed by atoms with E-state index in [0.717, 1.165) is 36.3 Å². The molecule has 140 valence electrons. The van der Waals surface area contributed by atoms with Crippen LogP contribution in [0.2, 0.25) is 0 Å². The number of anilines is 1. The molecule has 3 N–H and O–H groups in total. The van der Waals surface area contributed by atoms with Gasteiger partial charge in [-0.15, -0.1) is 0 Å². The maximum absolute atomic E-state index is 13.1. The van der Waals surface area contributed by atoms with Gasteiger partial charge in [0.25, 0.3) is 0 Å². The molecule has 1 aromatic carbocycles. The van der Waals surface area contributed by atoms with Crippen molar-refractivity contribution in [3.8, 4) is 5.75 Å². The highest BCUT2D eigenvalue weighted by Crippen LogP contribution is 2.45. The van der Waals surface area contributed by atoms with Gasteiger partial charge in [-0.05, 0) is 73.2 Å². The molecule has 0 unspecified atom stereocenters. The summed E-state index contributed by atoms with van der Waals surface area (Å²) in [7, 11) is 1.65. The van der Waals surface area contributed by atoms with Gasteiger partial charge in [0.1, 0.15) is 5.75 Å². The van der Waals surface area contributed by atoms with E-state index in [0.29, 0.717) is 18.4 Å². The van der Waals surface area contributed by atoms with Gasteiger partial charge in [0, 0.05) is 11.6 Å². The van der Waals surface area contributed by atoms with E-state index in [1.807, 2.05) is 18.2 Å². The van der Waals surface area contributed by atoms with Crippen LogP contribution in [0.15, 0.2) is 18.2 Å². The SMILES string of the molecule is COc1ccc(NC(=O)[C@H]2C[C@H](C(C)C)CCC2(C)C)c(CCN)c1. The summed E-state index contributed by atoms with van der Waals surface area (Å²) in [5.41, 5.74) is 7.66. The Hall–Kier alpha value is -1.55. The molecule has 0 saturated heterocycles. The summed E-state index contributed by atoms with van der Waals surface area (Å²) in [6, 6.07) is 5.78. The van der Waals surface area contributed by atoms with Crippen LogP contribution < -0.4 is 15.8 Å². The number of ether oxygens (including phenoxy) is 1. The Kier molecular flexibility index (Phi) is 6.50. The molecule has 2 rings (SSSR count). The number of rotatable bonds is 6. The minimum absolute atomic E-state index is 0.0377. The van der Waals surface area contributed by atoms with Crippen molar-refractivity contribution < 1.29 is 9.53 Å². The molecule has 1 amide bonds. The molecule has 0 spiro atoms. The van der Waals surface area contributed by atoms with Crippen molar-refractivity contribution in [1.29, 1.82) is 0 Å². The van der Waals surface area contributed by atoms with E-state index in [4.69, 9.17) is 10.5 Å². The normalized spacial score (nSPS) is 22.7. The Balaban J connectivity index is 2.19. The van der Waals surface area contributed by atoms with Crippen molar-refractivity contribution in [2.45, 2.75) is 53.4 Å². The predicted octanol–water partition coefficient (Wildman–Crippen LogP) is 4.23. The van der Waals surface area contributed by atoms with Gasteiger partial charge in [-0.1, -0.05) is 27.7 Å². The third-order valence-electron chi connectivity index (χ3n) is 5.88. The maximum Gasteiger partial charge on any atom is 0.228 e. The standard InChI is InChI=1S/C21H34N2O2/c1-14(2)15-8-10-21(3,4)18(13-15)20(24)23-19-7-6-17(25-5)12-16(19)9-11-22/h6-7,12,14-15,18H,8-11,13,22H2,1-5H3,(H,23,24)/t15-,18-/m1/s1. The van der Waals surface area contributed by atoms with Gasteiger partial charge in [0.15, 0.2) is 0 Å². The first-order chi connectivity index (χ1) is 11.8. The molecular formula is C21H34N2O2. The number of carbonyl (C=O) groups is 1. The van der Waals surface area contributed by atoms with Gasteiger partial charge in [0.05, 0.1) is 7.11 Å². The van der Waals surface area contributed by atoms with Crippen LogP contribution in [0.3, 0.4) is 0 Å². The molecule has 0 heterocycles. The van der Waals surface area contributed by atoms with Crippen molar-refractivity contribution in [2.75, 3.05) is 19.0 Å². The number of benzene rings is 1. The Morgan fingerprint density at radius 2 is 2.12 bits per heavy atom. The Bertz CT molecular complexity index is 596. The zero-order valence-corrected chi connectivity index (χ0v) is 16.4. The first-order valence-corrected chi connectivity index (χ1v) is 9.46. The number of methoxy groups -OCH3 is 1. The highest BCUT2D eigenvalue weighted by molar-refractivity contribution is 5.94. The van der Waals surface area contributed by atoms with Crippen LogP contribution in [-0.4, -0.2) is 19.6 Å². The average molecular weight is 347 g/mol. The third-order valence-corrected chi connectivity index (χ3v) is 5.88. The summed E-state index contributed by atoms with van der Waals surface area (Å²) < 4.78 is 5.30. The van der Waals surface area contributed by atoms with Crippen LogP contribution in [0.1, 0.15) is 52.5 Å². The van der Waals surface area contributed by atoms with E-state index in [1.165, 1.54) is 6.42 Å². The van der Waals surface area contributed by atoms with Crippen LogP contribution >= 0.6 is 0 Å². The molecule has 0 bridgehead atoms. The molecule has 1 saturated carbocycles. The molecule has 0 aliphatic heterocycles. The van der Waals surface area contributed by atoms with Crippen LogP contribution in [0.4, 0.5) is 5.69 Å². The number of nitrogens with two attached hydrogens (primary N) is 1. The largest absolute Gasteiger partial charge is 0.497 e. The number of carbonyl (C=O) groups excluding carboxylic acids is 1. The van der Waals surface area contributed by atoms with Crippen LogP contribution in [0.5, 0.6) is 5.75 Å². The molecule has 4 nitrogen and oxygen atoms in total. The molecule has 0 radical (unpaired) electrons. The molecule has 1 aliphatic rings. The number of hydrogen-bond donors (Lipinski definition) is 2. The molecule has 1 aliphatic carbocycles. The quantitative estimate of drug-likeness (QED) is 0.810. The van der Waals surface area contributed by atoms with Crippen molar-refractivity contribution in [3.63, 3.8) is 0 Å². The lowest BCUT2D eigenvalue weighted by molar-refractivity contribution is -0.126. The first kappa shape index (κ1) is 19.8. The molecule has 1 aromatic rings. The van der Waals surface area contributed by atoms with Crippen LogP contribution in [-0.2, 0) is 11.2 Å². The van der Waals surface area contributed by atoms with Gasteiger partial charge in [-0.3, -0.25) is 4.79 Å². The molecule has 4 heteroatoms. The molecule has 2 atom stereocenters. The van der Waals surface area contributed by atoms with Gasteiger partial charge in [-0.25, -0.2) is 0 Å².